The SMILES string of the molecule is CN=C(NCCc1c[nH]c2ccc(F)cc12)N1CCC(CC(=O)NC)CC1. The van der Waals surface area contributed by atoms with Crippen LogP contribution < -0.4 is 10.6 Å². The molecule has 1 aromatic heterocycles. The summed E-state index contributed by atoms with van der Waals surface area (Å²) in [7, 11) is 3.48. The van der Waals surface area contributed by atoms with E-state index < -0.39 is 0 Å². The van der Waals surface area contributed by atoms with Gasteiger partial charge in [0.25, 0.3) is 0 Å². The van der Waals surface area contributed by atoms with E-state index in [1.54, 1.807) is 26.2 Å². The highest BCUT2D eigenvalue weighted by Crippen LogP contribution is 2.21. The molecule has 0 spiro atoms. The summed E-state index contributed by atoms with van der Waals surface area (Å²) in [4.78, 5) is 21.4. The number of nitrogens with one attached hydrogen (secondary N) is 3. The van der Waals surface area contributed by atoms with Gasteiger partial charge in [-0.05, 0) is 48.9 Å². The summed E-state index contributed by atoms with van der Waals surface area (Å²) in [5.41, 5.74) is 2.05. The molecule has 2 aromatic rings. The molecule has 6 nitrogen and oxygen atoms in total. The average molecular weight is 373 g/mol. The first-order valence-electron chi connectivity index (χ1n) is 9.52. The number of nitrogens with zero attached hydrogens (tertiary/aromatic N) is 2. The van der Waals surface area contributed by atoms with Crippen molar-refractivity contribution in [3.63, 3.8) is 0 Å². The Labute approximate surface area is 159 Å². The molecule has 3 rings (SSSR count). The smallest absolute Gasteiger partial charge is 0.220 e. The van der Waals surface area contributed by atoms with Crippen LogP contribution in [0.2, 0.25) is 0 Å². The summed E-state index contributed by atoms with van der Waals surface area (Å²) in [6.07, 6.45) is 5.33. The number of carbonyl (C=O) groups excluding carboxylic acids is 1. The number of piperidine rings is 1. The number of hydrogen-bond donors (Lipinski definition) is 3. The van der Waals surface area contributed by atoms with Crippen molar-refractivity contribution in [1.82, 2.24) is 20.5 Å². The number of guanidine groups is 1. The maximum atomic E-state index is 13.5. The Morgan fingerprint density at radius 2 is 2.15 bits per heavy atom. The van der Waals surface area contributed by atoms with E-state index in [0.717, 1.165) is 61.3 Å². The van der Waals surface area contributed by atoms with Crippen molar-refractivity contribution < 1.29 is 9.18 Å². The lowest BCUT2D eigenvalue weighted by atomic mass is 9.93. The van der Waals surface area contributed by atoms with Gasteiger partial charge in [-0.25, -0.2) is 4.39 Å². The lowest BCUT2D eigenvalue weighted by Gasteiger charge is -2.34. The Morgan fingerprint density at radius 3 is 2.85 bits per heavy atom. The minimum atomic E-state index is -0.216. The summed E-state index contributed by atoms with van der Waals surface area (Å²) in [6.45, 7) is 2.54. The van der Waals surface area contributed by atoms with Gasteiger partial charge in [-0.3, -0.25) is 9.79 Å². The molecule has 0 bridgehead atoms. The molecular weight excluding hydrogens is 345 g/mol. The van der Waals surface area contributed by atoms with Crippen LogP contribution in [0.25, 0.3) is 10.9 Å². The zero-order chi connectivity index (χ0) is 19.2. The molecule has 1 aliphatic rings. The number of aromatic amines is 1. The third-order valence-electron chi connectivity index (χ3n) is 5.29. The normalized spacial score (nSPS) is 16.0. The molecule has 3 N–H and O–H groups in total. The first-order chi connectivity index (χ1) is 13.1. The van der Waals surface area contributed by atoms with Crippen LogP contribution in [0.15, 0.2) is 29.4 Å². The van der Waals surface area contributed by atoms with Gasteiger partial charge in [-0.15, -0.1) is 0 Å². The van der Waals surface area contributed by atoms with E-state index in [0.29, 0.717) is 12.3 Å². The molecule has 2 heterocycles. The molecule has 146 valence electrons. The topological polar surface area (TPSA) is 72.5 Å². The average Bonchev–Trinajstić information content (AvgIpc) is 3.08. The van der Waals surface area contributed by atoms with Crippen LogP contribution in [-0.2, 0) is 11.2 Å². The fraction of sp³-hybridized carbons (Fsp3) is 0.500. The number of aromatic nitrogens is 1. The molecule has 0 unspecified atom stereocenters. The number of halogens is 1. The maximum absolute atomic E-state index is 13.5. The maximum Gasteiger partial charge on any atom is 0.220 e. The second-order valence-electron chi connectivity index (χ2n) is 7.04. The zero-order valence-electron chi connectivity index (χ0n) is 16.0. The highest BCUT2D eigenvalue weighted by Gasteiger charge is 2.23. The van der Waals surface area contributed by atoms with E-state index in [1.807, 2.05) is 6.20 Å². The molecule has 27 heavy (non-hydrogen) atoms. The van der Waals surface area contributed by atoms with E-state index in [4.69, 9.17) is 0 Å². The van der Waals surface area contributed by atoms with Crippen molar-refractivity contribution in [3.05, 3.63) is 35.8 Å². The minimum Gasteiger partial charge on any atom is -0.361 e. The fourth-order valence-corrected chi connectivity index (χ4v) is 3.71. The van der Waals surface area contributed by atoms with Crippen molar-refractivity contribution in [3.8, 4) is 0 Å². The van der Waals surface area contributed by atoms with Crippen LogP contribution in [0.1, 0.15) is 24.8 Å². The Morgan fingerprint density at radius 1 is 1.37 bits per heavy atom. The van der Waals surface area contributed by atoms with Crippen LogP contribution in [-0.4, -0.2) is 55.5 Å². The highest BCUT2D eigenvalue weighted by molar-refractivity contribution is 5.83. The predicted molar refractivity (Wildman–Crippen MR) is 106 cm³/mol. The predicted octanol–water partition coefficient (Wildman–Crippen LogP) is 2.27. The number of aliphatic imine (C=N–C) groups is 1. The van der Waals surface area contributed by atoms with Gasteiger partial charge in [0.05, 0.1) is 0 Å². The molecule has 1 aromatic carbocycles. The van der Waals surface area contributed by atoms with Crippen molar-refractivity contribution in [2.75, 3.05) is 33.7 Å². The summed E-state index contributed by atoms with van der Waals surface area (Å²) in [5.74, 6) is 1.23. The molecule has 1 aliphatic heterocycles. The molecular formula is C20H28FN5O. The van der Waals surface area contributed by atoms with Gasteiger partial charge in [-0.2, -0.15) is 0 Å². The lowest BCUT2D eigenvalue weighted by molar-refractivity contribution is -0.121. The summed E-state index contributed by atoms with van der Waals surface area (Å²) in [5, 5.41) is 7.04. The van der Waals surface area contributed by atoms with Gasteiger partial charge in [0, 0.05) is 57.3 Å². The Balaban J connectivity index is 1.50. The van der Waals surface area contributed by atoms with Crippen molar-refractivity contribution >= 4 is 22.8 Å². The molecule has 1 fully saturated rings. The van der Waals surface area contributed by atoms with E-state index in [9.17, 15) is 9.18 Å². The first kappa shape index (κ1) is 19.2. The molecule has 1 saturated heterocycles. The lowest BCUT2D eigenvalue weighted by Crippen LogP contribution is -2.46. The van der Waals surface area contributed by atoms with Gasteiger partial charge in [0.2, 0.25) is 5.91 Å². The van der Waals surface area contributed by atoms with Crippen LogP contribution >= 0.6 is 0 Å². The Kier molecular flexibility index (Phi) is 6.32. The van der Waals surface area contributed by atoms with E-state index in [2.05, 4.69) is 25.5 Å². The van der Waals surface area contributed by atoms with Crippen molar-refractivity contribution in [1.29, 1.82) is 0 Å². The summed E-state index contributed by atoms with van der Waals surface area (Å²) >= 11 is 0. The van der Waals surface area contributed by atoms with Crippen LogP contribution in [0.4, 0.5) is 4.39 Å². The van der Waals surface area contributed by atoms with E-state index in [-0.39, 0.29) is 11.7 Å². The Hall–Kier alpha value is -2.57. The largest absolute Gasteiger partial charge is 0.361 e. The molecule has 0 radical (unpaired) electrons. The number of amides is 1. The van der Waals surface area contributed by atoms with Crippen LogP contribution in [0.3, 0.4) is 0 Å². The first-order valence-corrected chi connectivity index (χ1v) is 9.52. The summed E-state index contributed by atoms with van der Waals surface area (Å²) < 4.78 is 13.5. The highest BCUT2D eigenvalue weighted by atomic mass is 19.1. The number of likely N-dealkylation sites (tertiary alicyclic amines) is 1. The Bertz CT molecular complexity index is 808. The van der Waals surface area contributed by atoms with Crippen LogP contribution in [0.5, 0.6) is 0 Å². The van der Waals surface area contributed by atoms with Crippen molar-refractivity contribution in [2.45, 2.75) is 25.7 Å². The third-order valence-corrected chi connectivity index (χ3v) is 5.29. The molecule has 7 heteroatoms. The monoisotopic (exact) mass is 373 g/mol. The number of H-pyrrole nitrogens is 1. The van der Waals surface area contributed by atoms with Gasteiger partial charge in [0.15, 0.2) is 5.96 Å². The number of hydrogen-bond acceptors (Lipinski definition) is 2. The number of fused-ring (bicyclic) bond motifs is 1. The van der Waals surface area contributed by atoms with Crippen LogP contribution in [0, 0.1) is 11.7 Å². The standard InChI is InChI=1S/C20H28FN5O/c1-22-19(27)11-14-6-9-26(10-7-14)20(23-2)24-8-5-15-13-25-18-4-3-16(21)12-17(15)18/h3-4,12-14,25H,5-11H2,1-2H3,(H,22,27)(H,23,24). The van der Waals surface area contributed by atoms with Crippen molar-refractivity contribution in [2.24, 2.45) is 10.9 Å². The number of benzene rings is 1. The van der Waals surface area contributed by atoms with Gasteiger partial charge >= 0.3 is 0 Å². The molecule has 0 saturated carbocycles. The summed E-state index contributed by atoms with van der Waals surface area (Å²) in [6, 6.07) is 4.81. The molecule has 1 amide bonds. The quantitative estimate of drug-likeness (QED) is 0.556. The second kappa shape index (κ2) is 8.88. The minimum absolute atomic E-state index is 0.117. The van der Waals surface area contributed by atoms with Gasteiger partial charge in [0.1, 0.15) is 5.82 Å². The molecule has 0 aliphatic carbocycles. The van der Waals surface area contributed by atoms with Gasteiger partial charge in [-0.1, -0.05) is 0 Å². The van der Waals surface area contributed by atoms with E-state index >= 15 is 0 Å². The zero-order valence-corrected chi connectivity index (χ0v) is 16.0. The number of rotatable bonds is 5. The third kappa shape index (κ3) is 4.78. The number of carbonyl (C=O) groups is 1. The van der Waals surface area contributed by atoms with Gasteiger partial charge < -0.3 is 20.5 Å². The fourth-order valence-electron chi connectivity index (χ4n) is 3.71. The second-order valence-corrected chi connectivity index (χ2v) is 7.04. The molecule has 0 atom stereocenters. The van der Waals surface area contributed by atoms with E-state index in [1.165, 1.54) is 6.07 Å².